The fourth-order valence-electron chi connectivity index (χ4n) is 0.179. The van der Waals surface area contributed by atoms with Crippen molar-refractivity contribution in [2.24, 2.45) is 10.3 Å². The molecule has 0 saturated heterocycles. The van der Waals surface area contributed by atoms with Gasteiger partial charge in [-0.3, -0.25) is 5.22 Å². The molecule has 0 bridgehead atoms. The minimum absolute atomic E-state index is 0. The summed E-state index contributed by atoms with van der Waals surface area (Å²) < 4.78 is 0. The van der Waals surface area contributed by atoms with E-state index >= 15 is 0 Å². The van der Waals surface area contributed by atoms with Crippen molar-refractivity contribution in [3.05, 3.63) is 12.9 Å². The van der Waals surface area contributed by atoms with Crippen LogP contribution in [-0.2, 0) is 17.3 Å². The van der Waals surface area contributed by atoms with Gasteiger partial charge in [0.2, 0.25) is 0 Å². The summed E-state index contributed by atoms with van der Waals surface area (Å²) in [4.78, 5) is 0. The third kappa shape index (κ3) is 25.2. The summed E-state index contributed by atoms with van der Waals surface area (Å²) in [6.45, 7) is 5.92. The van der Waals surface area contributed by atoms with E-state index < -0.39 is 0 Å². The van der Waals surface area contributed by atoms with Gasteiger partial charge in [-0.25, -0.2) is 0 Å². The summed E-state index contributed by atoms with van der Waals surface area (Å²) in [5, 5.41) is 7.33. The van der Waals surface area contributed by atoms with Gasteiger partial charge in [-0.15, -0.1) is 0 Å². The van der Waals surface area contributed by atoms with Crippen LogP contribution in [0, 0.1) is 7.43 Å². The molecule has 0 radical (unpaired) electrons. The number of hydrogen-bond acceptors (Lipinski definition) is 2. The predicted octanol–water partition coefficient (Wildman–Crippen LogP) is 3.29. The topological polar surface area (TPSA) is 38.8 Å². The zero-order chi connectivity index (χ0) is 8.62. The molecule has 0 N–H and O–H groups in total. The number of hydrogen-bond donors (Lipinski definition) is 0. The number of halogens is 1. The van der Waals surface area contributed by atoms with Crippen LogP contribution in [0.2, 0.25) is 0 Å². The van der Waals surface area contributed by atoms with E-state index in [4.69, 9.17) is 0 Å². The van der Waals surface area contributed by atoms with E-state index in [2.05, 4.69) is 25.5 Å². The maximum absolute atomic E-state index is 4.57. The Bertz CT molecular complexity index is 90.3. The normalized spacial score (nSPS) is 9.55. The van der Waals surface area contributed by atoms with E-state index in [1.807, 2.05) is 38.1 Å². The van der Waals surface area contributed by atoms with Gasteiger partial charge >= 0.3 is 27.0 Å². The van der Waals surface area contributed by atoms with E-state index in [0.29, 0.717) is 0 Å². The first-order valence-corrected chi connectivity index (χ1v) is 4.94. The van der Waals surface area contributed by atoms with E-state index in [1.54, 1.807) is 7.05 Å². The van der Waals surface area contributed by atoms with Crippen molar-refractivity contribution in [1.82, 2.24) is 0 Å². The zero-order valence-corrected chi connectivity index (χ0v) is 10.1. The molecule has 0 aromatic carbocycles. The average molecular weight is 266 g/mol. The van der Waals surface area contributed by atoms with Gasteiger partial charge in [-0.05, 0) is 12.6 Å². The van der Waals surface area contributed by atoms with Gasteiger partial charge in [-0.1, -0.05) is 20.8 Å². The minimum atomic E-state index is -0.0838. The summed E-state index contributed by atoms with van der Waals surface area (Å²) in [7, 11) is 6.18. The van der Waals surface area contributed by atoms with Gasteiger partial charge in [0.15, 0.2) is 0 Å². The Morgan fingerprint density at radius 1 is 1.27 bits per heavy atom. The summed E-state index contributed by atoms with van der Waals surface area (Å²) in [6.07, 6.45) is 0. The van der Waals surface area contributed by atoms with Gasteiger partial charge in [-0.2, -0.15) is 0 Å². The van der Waals surface area contributed by atoms with E-state index in [0.717, 1.165) is 0 Å². The zero-order valence-electron chi connectivity index (χ0n) is 7.57. The third-order valence-corrected chi connectivity index (χ3v) is 0.434. The van der Waals surface area contributed by atoms with Gasteiger partial charge < -0.3 is 18.0 Å². The molecule has 3 nitrogen and oxygen atoms in total. The third-order valence-electron chi connectivity index (χ3n) is 0.434. The van der Waals surface area contributed by atoms with Crippen LogP contribution >= 0.6 is 9.69 Å². The Hall–Kier alpha value is 0.313. The standard InChI is InChI=1S/C5H12N3.CH3.ClH.Ru/c1-5(2,3)7-8-6-4;;;/h1-4H3;1H3;1H;/q2*-1;;+3/p-1. The Balaban J connectivity index is -0.000000196. The van der Waals surface area contributed by atoms with Gasteiger partial charge in [0.05, 0.1) is 0 Å². The fraction of sp³-hybridized carbons (Fsp3) is 0.833. The maximum atomic E-state index is 4.57. The molecule has 0 spiro atoms. The molecular weight excluding hydrogens is 251 g/mol. The molecule has 0 aromatic rings. The molecule has 0 amide bonds. The first-order chi connectivity index (χ1) is 4.56. The monoisotopic (exact) mass is 266 g/mol. The van der Waals surface area contributed by atoms with Gasteiger partial charge in [0.25, 0.3) is 0 Å². The van der Waals surface area contributed by atoms with Crippen molar-refractivity contribution in [1.29, 1.82) is 0 Å². The summed E-state index contributed by atoms with van der Waals surface area (Å²) in [6, 6.07) is 0. The van der Waals surface area contributed by atoms with Crippen LogP contribution in [0.25, 0.3) is 5.43 Å². The van der Waals surface area contributed by atoms with Crippen molar-refractivity contribution in [2.45, 2.75) is 26.3 Å². The second kappa shape index (κ2) is 10.3. The number of nitrogens with zero attached hydrogens (tertiary/aromatic N) is 3. The molecule has 0 aliphatic carbocycles. The van der Waals surface area contributed by atoms with Crippen molar-refractivity contribution >= 4 is 9.69 Å². The summed E-state index contributed by atoms with van der Waals surface area (Å²) in [5.74, 6) is 0. The average Bonchev–Trinajstić information content (AvgIpc) is 1.87. The van der Waals surface area contributed by atoms with Crippen LogP contribution in [0.15, 0.2) is 10.3 Å². The van der Waals surface area contributed by atoms with Crippen LogP contribution in [0.4, 0.5) is 0 Å². The first-order valence-electron chi connectivity index (χ1n) is 2.70. The quantitative estimate of drug-likeness (QED) is 0.302. The molecule has 69 valence electrons. The predicted molar refractivity (Wildman–Crippen MR) is 46.2 cm³/mol. The second-order valence-electron chi connectivity index (χ2n) is 2.56. The van der Waals surface area contributed by atoms with Crippen LogP contribution < -0.4 is 0 Å². The Morgan fingerprint density at radius 3 is 1.73 bits per heavy atom. The Labute approximate surface area is 83.7 Å². The van der Waals surface area contributed by atoms with Gasteiger partial charge in [0.1, 0.15) is 0 Å². The molecule has 11 heavy (non-hydrogen) atoms. The SMILES string of the molecule is C[N-]N=NC(C)(C)C.[CH3-].[Cl][Ru+2]. The fourth-order valence-corrected chi connectivity index (χ4v) is 0.179. The van der Waals surface area contributed by atoms with Crippen LogP contribution in [0.1, 0.15) is 20.8 Å². The summed E-state index contributed by atoms with van der Waals surface area (Å²) in [5.41, 5.74) is 3.40. The van der Waals surface area contributed by atoms with Crippen molar-refractivity contribution in [2.75, 3.05) is 7.05 Å². The van der Waals surface area contributed by atoms with Crippen molar-refractivity contribution in [3.63, 3.8) is 0 Å². The molecular formula is C6H15ClN3Ru. The number of rotatable bonds is 1. The molecule has 0 fully saturated rings. The molecule has 5 heteroatoms. The molecule has 0 saturated carbocycles. The molecule has 0 aliphatic heterocycles. The molecule has 0 aromatic heterocycles. The molecule has 0 unspecified atom stereocenters. The summed E-state index contributed by atoms with van der Waals surface area (Å²) >= 11 is 1.82. The van der Waals surface area contributed by atoms with Crippen LogP contribution in [0.3, 0.4) is 0 Å². The molecule has 0 aliphatic rings. The van der Waals surface area contributed by atoms with Crippen LogP contribution in [-0.4, -0.2) is 12.6 Å². The second-order valence-corrected chi connectivity index (χ2v) is 2.56. The van der Waals surface area contributed by atoms with Crippen molar-refractivity contribution < 1.29 is 17.3 Å². The molecule has 0 rings (SSSR count). The Morgan fingerprint density at radius 2 is 1.64 bits per heavy atom. The Kier molecular flexibility index (Phi) is 16.3. The van der Waals surface area contributed by atoms with E-state index in [1.165, 1.54) is 0 Å². The molecule has 0 atom stereocenters. The van der Waals surface area contributed by atoms with Crippen LogP contribution in [0.5, 0.6) is 0 Å². The van der Waals surface area contributed by atoms with E-state index in [9.17, 15) is 0 Å². The first kappa shape index (κ1) is 17.4. The van der Waals surface area contributed by atoms with Crippen molar-refractivity contribution in [3.8, 4) is 0 Å². The van der Waals surface area contributed by atoms with E-state index in [-0.39, 0.29) is 13.0 Å². The molecule has 0 heterocycles. The van der Waals surface area contributed by atoms with Gasteiger partial charge in [0, 0.05) is 0 Å².